The van der Waals surface area contributed by atoms with E-state index in [1.165, 1.54) is 68.9 Å². The second-order valence-electron chi connectivity index (χ2n) is 11.0. The highest BCUT2D eigenvalue weighted by molar-refractivity contribution is 5.87. The molecule has 3 fully saturated rings. The molecule has 200 valence electrons. The largest absolute Gasteiger partial charge is 0.462 e. The lowest BCUT2D eigenvalue weighted by Crippen LogP contribution is -2.40. The van der Waals surface area contributed by atoms with Gasteiger partial charge in [0.05, 0.1) is 37.9 Å². The first-order valence-electron chi connectivity index (χ1n) is 13.9. The van der Waals surface area contributed by atoms with E-state index < -0.39 is 18.9 Å². The van der Waals surface area contributed by atoms with Gasteiger partial charge in [0.2, 0.25) is 0 Å². The number of aliphatic hydroxyl groups is 1. The lowest BCUT2D eigenvalue weighted by molar-refractivity contribution is -0.225. The minimum absolute atomic E-state index is 0.0254. The fourth-order valence-electron chi connectivity index (χ4n) is 6.32. The first kappa shape index (κ1) is 27.3. The van der Waals surface area contributed by atoms with Crippen molar-refractivity contribution in [1.29, 1.82) is 0 Å². The highest BCUT2D eigenvalue weighted by Crippen LogP contribution is 2.43. The Hall–Kier alpha value is -1.73. The number of hydrogen-bond acceptors (Lipinski definition) is 6. The summed E-state index contributed by atoms with van der Waals surface area (Å²) in [6.45, 7) is 4.59. The van der Waals surface area contributed by atoms with E-state index >= 15 is 0 Å². The van der Waals surface area contributed by atoms with E-state index in [2.05, 4.69) is 30.8 Å². The molecule has 36 heavy (non-hydrogen) atoms. The SMILES string of the molecule is C=C(CO)C(=O)OCC(COC)C1OCC(c2ccc(C3CCC(C4CCCCC4)CC3)cc2)CO1. The molecule has 1 aromatic carbocycles. The van der Waals surface area contributed by atoms with Gasteiger partial charge in [0.25, 0.3) is 0 Å². The van der Waals surface area contributed by atoms with Crippen LogP contribution in [0.4, 0.5) is 0 Å². The molecule has 1 unspecified atom stereocenters. The minimum atomic E-state index is -0.616. The van der Waals surface area contributed by atoms with Crippen LogP contribution in [0.3, 0.4) is 0 Å². The van der Waals surface area contributed by atoms with Crippen LogP contribution in [-0.2, 0) is 23.7 Å². The third kappa shape index (κ3) is 7.18. The van der Waals surface area contributed by atoms with Crippen molar-refractivity contribution in [2.45, 2.75) is 75.9 Å². The molecule has 3 aliphatic rings. The molecule has 1 aromatic rings. The molecule has 1 atom stereocenters. The second kappa shape index (κ2) is 13.7. The Bertz CT molecular complexity index is 814. The van der Waals surface area contributed by atoms with Crippen LogP contribution in [0.5, 0.6) is 0 Å². The van der Waals surface area contributed by atoms with Gasteiger partial charge in [-0.2, -0.15) is 0 Å². The molecule has 0 spiro atoms. The molecule has 1 heterocycles. The molecular weight excluding hydrogens is 456 g/mol. The summed E-state index contributed by atoms with van der Waals surface area (Å²) in [5, 5.41) is 9.04. The summed E-state index contributed by atoms with van der Waals surface area (Å²) >= 11 is 0. The highest BCUT2D eigenvalue weighted by Gasteiger charge is 2.32. The zero-order valence-corrected chi connectivity index (χ0v) is 21.9. The summed E-state index contributed by atoms with van der Waals surface area (Å²) in [6.07, 6.45) is 12.2. The second-order valence-corrected chi connectivity index (χ2v) is 11.0. The molecule has 1 N–H and O–H groups in total. The van der Waals surface area contributed by atoms with Gasteiger partial charge in [-0.15, -0.1) is 0 Å². The zero-order valence-electron chi connectivity index (χ0n) is 21.9. The summed E-state index contributed by atoms with van der Waals surface area (Å²) < 4.78 is 22.6. The van der Waals surface area contributed by atoms with Crippen molar-refractivity contribution in [2.24, 2.45) is 17.8 Å². The number of esters is 1. The van der Waals surface area contributed by atoms with Crippen molar-refractivity contribution in [2.75, 3.05) is 40.1 Å². The van der Waals surface area contributed by atoms with E-state index in [1.54, 1.807) is 7.11 Å². The number of carbonyl (C=O) groups excluding carboxylic acids is 1. The van der Waals surface area contributed by atoms with Crippen molar-refractivity contribution in [3.05, 3.63) is 47.5 Å². The van der Waals surface area contributed by atoms with Gasteiger partial charge in [0.15, 0.2) is 6.29 Å². The van der Waals surface area contributed by atoms with E-state index in [4.69, 9.17) is 24.1 Å². The maximum absolute atomic E-state index is 11.8. The molecule has 0 radical (unpaired) electrons. The molecule has 6 heteroatoms. The first-order valence-corrected chi connectivity index (χ1v) is 13.9. The number of rotatable bonds is 10. The summed E-state index contributed by atoms with van der Waals surface area (Å²) in [5.41, 5.74) is 2.74. The first-order chi connectivity index (χ1) is 17.6. The highest BCUT2D eigenvalue weighted by atomic mass is 16.7. The molecule has 0 amide bonds. The molecule has 4 rings (SSSR count). The van der Waals surface area contributed by atoms with Crippen LogP contribution in [0.1, 0.15) is 80.8 Å². The smallest absolute Gasteiger partial charge is 0.335 e. The minimum Gasteiger partial charge on any atom is -0.462 e. The van der Waals surface area contributed by atoms with Crippen LogP contribution >= 0.6 is 0 Å². The van der Waals surface area contributed by atoms with E-state index in [9.17, 15) is 4.79 Å². The fraction of sp³-hybridized carbons (Fsp3) is 0.700. The van der Waals surface area contributed by atoms with Gasteiger partial charge in [-0.25, -0.2) is 4.79 Å². The molecule has 2 saturated carbocycles. The van der Waals surface area contributed by atoms with E-state index in [-0.39, 0.29) is 24.0 Å². The van der Waals surface area contributed by atoms with Gasteiger partial charge in [-0.3, -0.25) is 0 Å². The van der Waals surface area contributed by atoms with Crippen LogP contribution in [0, 0.1) is 17.8 Å². The number of aliphatic hydroxyl groups excluding tert-OH is 1. The van der Waals surface area contributed by atoms with E-state index in [0.717, 1.165) is 11.8 Å². The van der Waals surface area contributed by atoms with Crippen LogP contribution < -0.4 is 0 Å². The van der Waals surface area contributed by atoms with E-state index in [0.29, 0.717) is 25.7 Å². The van der Waals surface area contributed by atoms with Gasteiger partial charge < -0.3 is 24.1 Å². The molecular formula is C30H44O6. The van der Waals surface area contributed by atoms with Crippen molar-refractivity contribution in [3.8, 4) is 0 Å². The Morgan fingerprint density at radius 3 is 2.08 bits per heavy atom. The Labute approximate surface area is 216 Å². The van der Waals surface area contributed by atoms with Crippen LogP contribution in [-0.4, -0.2) is 57.5 Å². The average Bonchev–Trinajstić information content (AvgIpc) is 2.95. The van der Waals surface area contributed by atoms with Crippen molar-refractivity contribution in [1.82, 2.24) is 0 Å². The molecule has 6 nitrogen and oxygen atoms in total. The van der Waals surface area contributed by atoms with Crippen LogP contribution in [0.25, 0.3) is 0 Å². The molecule has 1 saturated heterocycles. The Balaban J connectivity index is 1.23. The van der Waals surface area contributed by atoms with Crippen LogP contribution in [0.2, 0.25) is 0 Å². The predicted molar refractivity (Wildman–Crippen MR) is 139 cm³/mol. The number of ether oxygens (including phenoxy) is 4. The monoisotopic (exact) mass is 500 g/mol. The van der Waals surface area contributed by atoms with Crippen molar-refractivity contribution >= 4 is 5.97 Å². The Morgan fingerprint density at radius 2 is 1.50 bits per heavy atom. The van der Waals surface area contributed by atoms with Crippen LogP contribution in [0.15, 0.2) is 36.4 Å². The standard InChI is InChI=1S/C30H44O6/c1-21(16-31)29(32)34-20-28(17-33-2)30-35-18-27(19-36-30)26-14-12-25(13-15-26)24-10-8-23(9-11-24)22-6-4-3-5-7-22/h12-15,22-24,27-28,30-31H,1,3-11,16-20H2,2H3. The summed E-state index contributed by atoms with van der Waals surface area (Å²) in [4.78, 5) is 11.8. The van der Waals surface area contributed by atoms with Gasteiger partial charge in [-0.05, 0) is 54.6 Å². The maximum atomic E-state index is 11.8. The third-order valence-electron chi connectivity index (χ3n) is 8.56. The quantitative estimate of drug-likeness (QED) is 0.345. The number of methoxy groups -OCH3 is 1. The lowest BCUT2D eigenvalue weighted by Gasteiger charge is -2.36. The molecule has 0 bridgehead atoms. The van der Waals surface area contributed by atoms with Gasteiger partial charge in [-0.1, -0.05) is 62.9 Å². The predicted octanol–water partition coefficient (Wildman–Crippen LogP) is 5.35. The average molecular weight is 501 g/mol. The molecule has 1 aliphatic heterocycles. The number of hydrogen-bond donors (Lipinski definition) is 1. The fourth-order valence-corrected chi connectivity index (χ4v) is 6.32. The van der Waals surface area contributed by atoms with Gasteiger partial charge in [0, 0.05) is 13.0 Å². The number of carbonyl (C=O) groups is 1. The van der Waals surface area contributed by atoms with Crippen molar-refractivity contribution < 1.29 is 28.8 Å². The normalized spacial score (nSPS) is 28.4. The van der Waals surface area contributed by atoms with Crippen molar-refractivity contribution in [3.63, 3.8) is 0 Å². The summed E-state index contributed by atoms with van der Waals surface area (Å²) in [7, 11) is 1.59. The lowest BCUT2D eigenvalue weighted by atomic mass is 9.70. The third-order valence-corrected chi connectivity index (χ3v) is 8.56. The topological polar surface area (TPSA) is 74.2 Å². The number of benzene rings is 1. The summed E-state index contributed by atoms with van der Waals surface area (Å²) in [5.74, 6) is 1.96. The molecule has 0 aromatic heterocycles. The Kier molecular flexibility index (Phi) is 10.4. The Morgan fingerprint density at radius 1 is 0.917 bits per heavy atom. The van der Waals surface area contributed by atoms with E-state index in [1.807, 2.05) is 0 Å². The summed E-state index contributed by atoms with van der Waals surface area (Å²) in [6, 6.07) is 9.12. The maximum Gasteiger partial charge on any atom is 0.335 e. The zero-order chi connectivity index (χ0) is 25.3. The van der Waals surface area contributed by atoms with Gasteiger partial charge in [0.1, 0.15) is 6.61 Å². The van der Waals surface area contributed by atoms with Gasteiger partial charge >= 0.3 is 5.97 Å². The molecule has 2 aliphatic carbocycles.